The van der Waals surface area contributed by atoms with Gasteiger partial charge < -0.3 is 15.4 Å². The normalized spacial score (nSPS) is 15.6. The topological polar surface area (TPSA) is 50.4 Å². The summed E-state index contributed by atoms with van der Waals surface area (Å²) in [6.45, 7) is 5.89. The Balaban J connectivity index is 1.96. The zero-order valence-corrected chi connectivity index (χ0v) is 11.7. The Morgan fingerprint density at radius 3 is 2.95 bits per heavy atom. The monoisotopic (exact) mass is 262 g/mol. The number of aryl methyl sites for hydroxylation is 1. The van der Waals surface area contributed by atoms with E-state index < -0.39 is 0 Å². The molecule has 0 saturated carbocycles. The molecule has 2 N–H and O–H groups in total. The van der Waals surface area contributed by atoms with Gasteiger partial charge in [-0.25, -0.2) is 0 Å². The van der Waals surface area contributed by atoms with Crippen LogP contribution in [0, 0.1) is 0 Å². The molecule has 0 spiro atoms. The van der Waals surface area contributed by atoms with Crippen molar-refractivity contribution in [2.24, 2.45) is 0 Å². The van der Waals surface area contributed by atoms with E-state index in [1.165, 1.54) is 0 Å². The molecule has 4 nitrogen and oxygen atoms in total. The molecule has 4 heteroatoms. The smallest absolute Gasteiger partial charge is 0.224 e. The number of ether oxygens (including phenoxy) is 1. The lowest BCUT2D eigenvalue weighted by Crippen LogP contribution is -2.33. The highest BCUT2D eigenvalue weighted by molar-refractivity contribution is 5.93. The SMILES string of the molecule is CCNC(CC)COc1ccc2c(c1)CCC(=O)N2. The number of fused-ring (bicyclic) bond motifs is 1. The first kappa shape index (κ1) is 13.9. The Morgan fingerprint density at radius 2 is 2.21 bits per heavy atom. The van der Waals surface area contributed by atoms with Gasteiger partial charge in [-0.05, 0) is 43.1 Å². The number of likely N-dealkylation sites (N-methyl/N-ethyl adjacent to an activating group) is 1. The van der Waals surface area contributed by atoms with E-state index in [1.807, 2.05) is 18.2 Å². The van der Waals surface area contributed by atoms with Gasteiger partial charge in [-0.3, -0.25) is 4.79 Å². The molecule has 0 radical (unpaired) electrons. The second-order valence-corrected chi connectivity index (χ2v) is 4.84. The van der Waals surface area contributed by atoms with Gasteiger partial charge in [0.15, 0.2) is 0 Å². The Labute approximate surface area is 114 Å². The van der Waals surface area contributed by atoms with Crippen molar-refractivity contribution in [1.82, 2.24) is 5.32 Å². The molecule has 104 valence electrons. The lowest BCUT2D eigenvalue weighted by atomic mass is 10.0. The highest BCUT2D eigenvalue weighted by atomic mass is 16.5. The quantitative estimate of drug-likeness (QED) is 0.827. The van der Waals surface area contributed by atoms with Crippen LogP contribution in [0.1, 0.15) is 32.3 Å². The van der Waals surface area contributed by atoms with Crippen LogP contribution in [0.15, 0.2) is 18.2 Å². The third-order valence-electron chi connectivity index (χ3n) is 3.41. The molecule has 0 aromatic heterocycles. The Morgan fingerprint density at radius 1 is 1.37 bits per heavy atom. The van der Waals surface area contributed by atoms with E-state index in [0.717, 1.165) is 36.4 Å². The van der Waals surface area contributed by atoms with E-state index in [1.54, 1.807) is 0 Å². The number of hydrogen-bond acceptors (Lipinski definition) is 3. The lowest BCUT2D eigenvalue weighted by molar-refractivity contribution is -0.116. The lowest BCUT2D eigenvalue weighted by Gasteiger charge is -2.20. The van der Waals surface area contributed by atoms with Crippen LogP contribution in [0.4, 0.5) is 5.69 Å². The maximum atomic E-state index is 11.3. The van der Waals surface area contributed by atoms with Crippen molar-refractivity contribution in [2.75, 3.05) is 18.5 Å². The van der Waals surface area contributed by atoms with Gasteiger partial charge in [0, 0.05) is 18.2 Å². The molecule has 1 aliphatic rings. The van der Waals surface area contributed by atoms with Gasteiger partial charge in [0.25, 0.3) is 0 Å². The molecule has 1 amide bonds. The molecule has 0 fully saturated rings. The van der Waals surface area contributed by atoms with Crippen LogP contribution in [0.25, 0.3) is 0 Å². The molecule has 0 aliphatic carbocycles. The van der Waals surface area contributed by atoms with E-state index in [-0.39, 0.29) is 5.91 Å². The minimum atomic E-state index is 0.0966. The number of amides is 1. The number of benzene rings is 1. The Hall–Kier alpha value is -1.55. The van der Waals surface area contributed by atoms with Crippen LogP contribution in [0.5, 0.6) is 5.75 Å². The summed E-state index contributed by atoms with van der Waals surface area (Å²) in [5.74, 6) is 0.977. The van der Waals surface area contributed by atoms with Crippen molar-refractivity contribution in [3.63, 3.8) is 0 Å². The average Bonchev–Trinajstić information content (AvgIpc) is 2.43. The minimum Gasteiger partial charge on any atom is -0.492 e. The van der Waals surface area contributed by atoms with E-state index in [4.69, 9.17) is 4.74 Å². The highest BCUT2D eigenvalue weighted by Gasteiger charge is 2.15. The van der Waals surface area contributed by atoms with Gasteiger partial charge in [-0.15, -0.1) is 0 Å². The van der Waals surface area contributed by atoms with Crippen LogP contribution in [-0.2, 0) is 11.2 Å². The molecular formula is C15H22N2O2. The van der Waals surface area contributed by atoms with E-state index in [0.29, 0.717) is 19.1 Å². The average molecular weight is 262 g/mol. The summed E-state index contributed by atoms with van der Waals surface area (Å²) in [4.78, 5) is 11.3. The molecule has 1 aromatic carbocycles. The second kappa shape index (κ2) is 6.57. The number of anilines is 1. The molecule has 1 aromatic rings. The Bertz CT molecular complexity index is 446. The summed E-state index contributed by atoms with van der Waals surface area (Å²) >= 11 is 0. The van der Waals surface area contributed by atoms with Crippen LogP contribution in [0.3, 0.4) is 0 Å². The molecular weight excluding hydrogens is 240 g/mol. The van der Waals surface area contributed by atoms with Crippen molar-refractivity contribution in [3.8, 4) is 5.75 Å². The predicted molar refractivity (Wildman–Crippen MR) is 76.6 cm³/mol. The third-order valence-corrected chi connectivity index (χ3v) is 3.41. The van der Waals surface area contributed by atoms with Crippen molar-refractivity contribution in [3.05, 3.63) is 23.8 Å². The summed E-state index contributed by atoms with van der Waals surface area (Å²) in [5, 5.41) is 6.27. The molecule has 1 aliphatic heterocycles. The minimum absolute atomic E-state index is 0.0966. The zero-order chi connectivity index (χ0) is 13.7. The molecule has 19 heavy (non-hydrogen) atoms. The van der Waals surface area contributed by atoms with Crippen molar-refractivity contribution >= 4 is 11.6 Å². The van der Waals surface area contributed by atoms with Crippen LogP contribution in [-0.4, -0.2) is 25.1 Å². The summed E-state index contributed by atoms with van der Waals surface area (Å²) < 4.78 is 5.83. The van der Waals surface area contributed by atoms with Crippen molar-refractivity contribution in [2.45, 2.75) is 39.2 Å². The van der Waals surface area contributed by atoms with Gasteiger partial charge >= 0.3 is 0 Å². The molecule has 0 saturated heterocycles. The number of carbonyl (C=O) groups excluding carboxylic acids is 1. The standard InChI is InChI=1S/C15H22N2O2/c1-3-12(16-4-2)10-19-13-6-7-14-11(9-13)5-8-15(18)17-14/h6-7,9,12,16H,3-5,8,10H2,1-2H3,(H,17,18). The fraction of sp³-hybridized carbons (Fsp3) is 0.533. The van der Waals surface area contributed by atoms with E-state index in [2.05, 4.69) is 24.5 Å². The van der Waals surface area contributed by atoms with Crippen LogP contribution in [0.2, 0.25) is 0 Å². The molecule has 1 atom stereocenters. The summed E-state index contributed by atoms with van der Waals surface area (Å²) in [7, 11) is 0. The summed E-state index contributed by atoms with van der Waals surface area (Å²) in [5.41, 5.74) is 2.08. The largest absolute Gasteiger partial charge is 0.492 e. The molecule has 1 heterocycles. The summed E-state index contributed by atoms with van der Waals surface area (Å²) in [6, 6.07) is 6.27. The zero-order valence-electron chi connectivity index (χ0n) is 11.7. The van der Waals surface area contributed by atoms with E-state index >= 15 is 0 Å². The second-order valence-electron chi connectivity index (χ2n) is 4.84. The summed E-state index contributed by atoms with van der Waals surface area (Å²) in [6.07, 6.45) is 2.41. The van der Waals surface area contributed by atoms with Gasteiger partial charge in [-0.2, -0.15) is 0 Å². The first-order valence-corrected chi connectivity index (χ1v) is 7.02. The number of rotatable bonds is 6. The highest BCUT2D eigenvalue weighted by Crippen LogP contribution is 2.26. The first-order chi connectivity index (χ1) is 9.22. The fourth-order valence-electron chi connectivity index (χ4n) is 2.26. The predicted octanol–water partition coefficient (Wildman–Crippen LogP) is 2.34. The van der Waals surface area contributed by atoms with E-state index in [9.17, 15) is 4.79 Å². The first-order valence-electron chi connectivity index (χ1n) is 7.02. The van der Waals surface area contributed by atoms with Gasteiger partial charge in [0.05, 0.1) is 0 Å². The van der Waals surface area contributed by atoms with Gasteiger partial charge in [0.1, 0.15) is 12.4 Å². The number of hydrogen-bond donors (Lipinski definition) is 2. The maximum Gasteiger partial charge on any atom is 0.224 e. The van der Waals surface area contributed by atoms with Crippen molar-refractivity contribution in [1.29, 1.82) is 0 Å². The maximum absolute atomic E-state index is 11.3. The molecule has 0 bridgehead atoms. The van der Waals surface area contributed by atoms with Crippen molar-refractivity contribution < 1.29 is 9.53 Å². The van der Waals surface area contributed by atoms with Crippen LogP contribution < -0.4 is 15.4 Å². The van der Waals surface area contributed by atoms with Gasteiger partial charge in [-0.1, -0.05) is 13.8 Å². The number of nitrogens with one attached hydrogen (secondary N) is 2. The number of carbonyl (C=O) groups is 1. The van der Waals surface area contributed by atoms with Gasteiger partial charge in [0.2, 0.25) is 5.91 Å². The molecule has 1 unspecified atom stereocenters. The fourth-order valence-corrected chi connectivity index (χ4v) is 2.26. The Kier molecular flexibility index (Phi) is 4.80. The third kappa shape index (κ3) is 3.70. The molecule has 2 rings (SSSR count). The van der Waals surface area contributed by atoms with Crippen LogP contribution >= 0.6 is 0 Å².